The molecule has 0 atom stereocenters. The van der Waals surface area contributed by atoms with Crippen LogP contribution < -0.4 is 4.74 Å². The van der Waals surface area contributed by atoms with Crippen LogP contribution in [0.5, 0.6) is 5.75 Å². The fraction of sp³-hybridized carbons (Fsp3) is 0.133. The van der Waals surface area contributed by atoms with E-state index in [1.807, 2.05) is 19.1 Å². The monoisotopic (exact) mass is 252 g/mol. The van der Waals surface area contributed by atoms with Gasteiger partial charge < -0.3 is 4.74 Å². The zero-order valence-electron chi connectivity index (χ0n) is 10.5. The number of hydrogen-bond acceptors (Lipinski definition) is 4. The lowest BCUT2D eigenvalue weighted by atomic mass is 10.1. The first-order chi connectivity index (χ1) is 9.26. The topological polar surface area (TPSA) is 63.0 Å². The first-order valence-electron chi connectivity index (χ1n) is 5.78. The molecule has 0 radical (unpaired) electrons. The van der Waals surface area contributed by atoms with Gasteiger partial charge in [0.25, 0.3) is 0 Å². The van der Waals surface area contributed by atoms with E-state index in [2.05, 4.69) is 4.98 Å². The molecular weight excluding hydrogens is 240 g/mol. The summed E-state index contributed by atoms with van der Waals surface area (Å²) in [4.78, 5) is 14.9. The SMILES string of the molecule is Cc1cccc(C=O)c1OCc1cccnc1C#N. The minimum Gasteiger partial charge on any atom is -0.488 e. The van der Waals surface area contributed by atoms with Crippen LogP contribution >= 0.6 is 0 Å². The van der Waals surface area contributed by atoms with Gasteiger partial charge in [-0.1, -0.05) is 18.2 Å². The summed E-state index contributed by atoms with van der Waals surface area (Å²) in [6, 6.07) is 10.9. The highest BCUT2D eigenvalue weighted by Crippen LogP contribution is 2.23. The van der Waals surface area contributed by atoms with E-state index in [0.717, 1.165) is 11.8 Å². The van der Waals surface area contributed by atoms with Crippen molar-refractivity contribution in [3.8, 4) is 11.8 Å². The lowest BCUT2D eigenvalue weighted by Gasteiger charge is -2.11. The largest absolute Gasteiger partial charge is 0.488 e. The van der Waals surface area contributed by atoms with Crippen LogP contribution in [-0.2, 0) is 6.61 Å². The number of nitrogens with zero attached hydrogens (tertiary/aromatic N) is 2. The van der Waals surface area contributed by atoms with E-state index in [1.165, 1.54) is 0 Å². The molecule has 0 bridgehead atoms. The number of aldehydes is 1. The number of ether oxygens (including phenoxy) is 1. The van der Waals surface area contributed by atoms with Gasteiger partial charge in [0, 0.05) is 11.8 Å². The summed E-state index contributed by atoms with van der Waals surface area (Å²) in [5.74, 6) is 0.547. The average molecular weight is 252 g/mol. The maximum atomic E-state index is 11.0. The number of benzene rings is 1. The van der Waals surface area contributed by atoms with E-state index < -0.39 is 0 Å². The molecule has 0 saturated heterocycles. The van der Waals surface area contributed by atoms with Gasteiger partial charge in [-0.25, -0.2) is 4.98 Å². The van der Waals surface area contributed by atoms with E-state index >= 15 is 0 Å². The van der Waals surface area contributed by atoms with Gasteiger partial charge in [0.1, 0.15) is 24.1 Å². The van der Waals surface area contributed by atoms with Gasteiger partial charge in [-0.2, -0.15) is 5.26 Å². The highest BCUT2D eigenvalue weighted by molar-refractivity contribution is 5.80. The Morgan fingerprint density at radius 3 is 2.95 bits per heavy atom. The summed E-state index contributed by atoms with van der Waals surface area (Å²) < 4.78 is 5.66. The molecule has 0 amide bonds. The molecule has 4 heteroatoms. The molecule has 0 unspecified atom stereocenters. The number of para-hydroxylation sites is 1. The van der Waals surface area contributed by atoms with Crippen LogP contribution in [0, 0.1) is 18.3 Å². The molecule has 0 saturated carbocycles. The van der Waals surface area contributed by atoms with Crippen LogP contribution in [-0.4, -0.2) is 11.3 Å². The smallest absolute Gasteiger partial charge is 0.153 e. The molecule has 2 aromatic rings. The van der Waals surface area contributed by atoms with Gasteiger partial charge in [0.2, 0.25) is 0 Å². The Bertz CT molecular complexity index is 645. The summed E-state index contributed by atoms with van der Waals surface area (Å²) >= 11 is 0. The number of carbonyl (C=O) groups excluding carboxylic acids is 1. The third-order valence-corrected chi connectivity index (χ3v) is 2.74. The molecule has 0 spiro atoms. The summed E-state index contributed by atoms with van der Waals surface area (Å²) in [5.41, 5.74) is 2.42. The molecule has 4 nitrogen and oxygen atoms in total. The van der Waals surface area contributed by atoms with Crippen molar-refractivity contribution in [1.29, 1.82) is 5.26 Å². The second kappa shape index (κ2) is 5.78. The van der Waals surface area contributed by atoms with Gasteiger partial charge in [-0.15, -0.1) is 0 Å². The molecule has 1 aromatic carbocycles. The number of rotatable bonds is 4. The summed E-state index contributed by atoms with van der Waals surface area (Å²) in [6.07, 6.45) is 2.32. The fourth-order valence-electron chi connectivity index (χ4n) is 1.77. The second-order valence-corrected chi connectivity index (χ2v) is 4.02. The average Bonchev–Trinajstić information content (AvgIpc) is 2.46. The van der Waals surface area contributed by atoms with Gasteiger partial charge in [-0.3, -0.25) is 4.79 Å². The van der Waals surface area contributed by atoms with E-state index in [1.54, 1.807) is 30.5 Å². The molecule has 19 heavy (non-hydrogen) atoms. The van der Waals surface area contributed by atoms with E-state index in [9.17, 15) is 4.79 Å². The molecule has 0 aliphatic carbocycles. The first-order valence-corrected chi connectivity index (χ1v) is 5.78. The standard InChI is InChI=1S/C15H12N2O2/c1-11-4-2-5-12(9-18)15(11)19-10-13-6-3-7-17-14(13)8-16/h2-7,9H,10H2,1H3. The maximum absolute atomic E-state index is 11.0. The Hall–Kier alpha value is -2.67. The molecule has 0 N–H and O–H groups in total. The predicted molar refractivity (Wildman–Crippen MR) is 69.9 cm³/mol. The molecule has 0 fully saturated rings. The van der Waals surface area contributed by atoms with Crippen molar-refractivity contribution in [1.82, 2.24) is 4.98 Å². The Kier molecular flexibility index (Phi) is 3.89. The number of carbonyl (C=O) groups is 1. The molecular formula is C15H12N2O2. The minimum absolute atomic E-state index is 0.211. The van der Waals surface area contributed by atoms with E-state index in [-0.39, 0.29) is 6.61 Å². The molecule has 1 heterocycles. The lowest BCUT2D eigenvalue weighted by Crippen LogP contribution is -2.02. The minimum atomic E-state index is 0.211. The predicted octanol–water partition coefficient (Wildman–Crippen LogP) is 2.65. The van der Waals surface area contributed by atoms with Crippen molar-refractivity contribution in [3.05, 3.63) is 58.9 Å². The molecule has 2 rings (SSSR count). The van der Waals surface area contributed by atoms with E-state index in [0.29, 0.717) is 22.6 Å². The van der Waals surface area contributed by atoms with Crippen LogP contribution in [0.3, 0.4) is 0 Å². The molecule has 1 aromatic heterocycles. The van der Waals surface area contributed by atoms with Crippen molar-refractivity contribution < 1.29 is 9.53 Å². The van der Waals surface area contributed by atoms with Crippen molar-refractivity contribution in [2.24, 2.45) is 0 Å². The number of nitriles is 1. The number of hydrogen-bond donors (Lipinski definition) is 0. The van der Waals surface area contributed by atoms with Gasteiger partial charge >= 0.3 is 0 Å². The number of aromatic nitrogens is 1. The molecule has 0 aliphatic heterocycles. The third-order valence-electron chi connectivity index (χ3n) is 2.74. The van der Waals surface area contributed by atoms with Crippen LogP contribution in [0.1, 0.15) is 27.2 Å². The Balaban J connectivity index is 2.24. The molecule has 0 aliphatic rings. The Labute approximate surface area is 111 Å². The highest BCUT2D eigenvalue weighted by Gasteiger charge is 2.08. The van der Waals surface area contributed by atoms with E-state index in [4.69, 9.17) is 10.00 Å². The quantitative estimate of drug-likeness (QED) is 0.785. The van der Waals surface area contributed by atoms with Gasteiger partial charge in [0.05, 0.1) is 5.56 Å². The van der Waals surface area contributed by atoms with Crippen molar-refractivity contribution in [2.45, 2.75) is 13.5 Å². The highest BCUT2D eigenvalue weighted by atomic mass is 16.5. The zero-order valence-corrected chi connectivity index (χ0v) is 10.5. The fourth-order valence-corrected chi connectivity index (χ4v) is 1.77. The summed E-state index contributed by atoms with van der Waals surface area (Å²) in [5, 5.41) is 8.95. The lowest BCUT2D eigenvalue weighted by molar-refractivity contribution is 0.111. The summed E-state index contributed by atoms with van der Waals surface area (Å²) in [7, 11) is 0. The normalized spacial score (nSPS) is 9.68. The second-order valence-electron chi connectivity index (χ2n) is 4.02. The Morgan fingerprint density at radius 2 is 2.21 bits per heavy atom. The molecule has 94 valence electrons. The third kappa shape index (κ3) is 2.78. The van der Waals surface area contributed by atoms with Crippen LogP contribution in [0.4, 0.5) is 0 Å². The van der Waals surface area contributed by atoms with Gasteiger partial charge in [0.15, 0.2) is 6.29 Å². The van der Waals surface area contributed by atoms with Gasteiger partial charge in [-0.05, 0) is 24.6 Å². The van der Waals surface area contributed by atoms with Crippen LogP contribution in [0.25, 0.3) is 0 Å². The zero-order chi connectivity index (χ0) is 13.7. The van der Waals surface area contributed by atoms with Crippen molar-refractivity contribution in [3.63, 3.8) is 0 Å². The van der Waals surface area contributed by atoms with Crippen LogP contribution in [0.15, 0.2) is 36.5 Å². The maximum Gasteiger partial charge on any atom is 0.153 e. The van der Waals surface area contributed by atoms with Crippen molar-refractivity contribution in [2.75, 3.05) is 0 Å². The Morgan fingerprint density at radius 1 is 1.37 bits per heavy atom. The van der Waals surface area contributed by atoms with Crippen LogP contribution in [0.2, 0.25) is 0 Å². The first kappa shape index (κ1) is 12.8. The number of pyridine rings is 1. The summed E-state index contributed by atoms with van der Waals surface area (Å²) in [6.45, 7) is 2.08. The number of aryl methyl sites for hydroxylation is 1. The van der Waals surface area contributed by atoms with Crippen molar-refractivity contribution >= 4 is 6.29 Å².